The molecule has 2 aromatic heterocycles. The van der Waals surface area contributed by atoms with Gasteiger partial charge in [0.1, 0.15) is 11.5 Å². The fourth-order valence-electron chi connectivity index (χ4n) is 3.17. The van der Waals surface area contributed by atoms with Crippen LogP contribution in [0.1, 0.15) is 0 Å². The molecule has 5 heteroatoms. The number of nitrogens with zero attached hydrogens (tertiary/aromatic N) is 3. The van der Waals surface area contributed by atoms with Crippen LogP contribution < -0.4 is 0 Å². The average Bonchev–Trinajstić information content (AvgIpc) is 3.03. The van der Waals surface area contributed by atoms with Gasteiger partial charge in [0.25, 0.3) is 0 Å². The molecule has 2 heterocycles. The normalized spacial score (nSPS) is 11.6. The van der Waals surface area contributed by atoms with Crippen molar-refractivity contribution in [1.29, 1.82) is 0 Å². The summed E-state index contributed by atoms with van der Waals surface area (Å²) in [6.45, 7) is 0. The standard InChI is InChI=1S/C20H11Br2N3/c21-14-10-13-17(11-15(14)22)24-19(12-6-2-1-3-7-12)25-18-9-5-4-8-16(18)23-20(13)25/h1-11H. The van der Waals surface area contributed by atoms with Crippen LogP contribution in [0.25, 0.3) is 39.0 Å². The number of halogens is 2. The lowest BCUT2D eigenvalue weighted by atomic mass is 10.2. The zero-order chi connectivity index (χ0) is 17.0. The molecule has 0 bridgehead atoms. The predicted molar refractivity (Wildman–Crippen MR) is 109 cm³/mol. The van der Waals surface area contributed by atoms with Gasteiger partial charge in [-0.25, -0.2) is 9.97 Å². The van der Waals surface area contributed by atoms with Crippen molar-refractivity contribution < 1.29 is 0 Å². The van der Waals surface area contributed by atoms with Crippen molar-refractivity contribution in [1.82, 2.24) is 14.4 Å². The number of aromatic nitrogens is 3. The van der Waals surface area contributed by atoms with Crippen LogP contribution in [0.4, 0.5) is 0 Å². The number of benzene rings is 3. The largest absolute Gasteiger partial charge is 0.276 e. The van der Waals surface area contributed by atoms with Crippen LogP contribution in [-0.2, 0) is 0 Å². The molecule has 120 valence electrons. The fourth-order valence-corrected chi connectivity index (χ4v) is 3.85. The molecule has 0 saturated heterocycles. The first kappa shape index (κ1) is 15.0. The molecule has 0 fully saturated rings. The van der Waals surface area contributed by atoms with E-state index in [9.17, 15) is 0 Å². The summed E-state index contributed by atoms with van der Waals surface area (Å²) < 4.78 is 4.11. The van der Waals surface area contributed by atoms with Crippen molar-refractivity contribution in [2.45, 2.75) is 0 Å². The van der Waals surface area contributed by atoms with Gasteiger partial charge in [-0.05, 0) is 56.1 Å². The van der Waals surface area contributed by atoms with E-state index in [1.165, 1.54) is 0 Å². The lowest BCUT2D eigenvalue weighted by Crippen LogP contribution is -1.98. The smallest absolute Gasteiger partial charge is 0.149 e. The molecular formula is C20H11Br2N3. The van der Waals surface area contributed by atoms with Crippen molar-refractivity contribution in [2.75, 3.05) is 0 Å². The third-order valence-corrected chi connectivity index (χ3v) is 6.15. The Kier molecular flexibility index (Phi) is 3.40. The molecule has 0 aliphatic heterocycles. The fraction of sp³-hybridized carbons (Fsp3) is 0. The van der Waals surface area contributed by atoms with E-state index in [4.69, 9.17) is 9.97 Å². The van der Waals surface area contributed by atoms with E-state index in [1.54, 1.807) is 0 Å². The molecule has 5 aromatic rings. The van der Waals surface area contributed by atoms with E-state index in [0.29, 0.717) is 0 Å². The molecule has 5 rings (SSSR count). The number of rotatable bonds is 1. The Morgan fingerprint density at radius 1 is 0.720 bits per heavy atom. The minimum atomic E-state index is 0.894. The van der Waals surface area contributed by atoms with Gasteiger partial charge < -0.3 is 0 Å². The van der Waals surface area contributed by atoms with Crippen molar-refractivity contribution in [3.05, 3.63) is 75.7 Å². The van der Waals surface area contributed by atoms with Gasteiger partial charge in [-0.3, -0.25) is 4.40 Å². The molecule has 0 atom stereocenters. The number of imidazole rings is 1. The molecule has 0 aliphatic rings. The number of fused-ring (bicyclic) bond motifs is 5. The highest BCUT2D eigenvalue weighted by Crippen LogP contribution is 2.33. The molecule has 3 nitrogen and oxygen atoms in total. The van der Waals surface area contributed by atoms with Crippen LogP contribution in [-0.4, -0.2) is 14.4 Å². The third kappa shape index (κ3) is 2.30. The molecule has 25 heavy (non-hydrogen) atoms. The first-order valence-corrected chi connectivity index (χ1v) is 9.42. The zero-order valence-corrected chi connectivity index (χ0v) is 16.1. The lowest BCUT2D eigenvalue weighted by molar-refractivity contribution is 1.16. The van der Waals surface area contributed by atoms with Crippen molar-refractivity contribution in [3.63, 3.8) is 0 Å². The maximum Gasteiger partial charge on any atom is 0.149 e. The molecule has 0 saturated carbocycles. The Bertz CT molecular complexity index is 1260. The van der Waals surface area contributed by atoms with Gasteiger partial charge in [0.05, 0.1) is 16.6 Å². The van der Waals surface area contributed by atoms with Crippen molar-refractivity contribution in [2.24, 2.45) is 0 Å². The van der Waals surface area contributed by atoms with E-state index >= 15 is 0 Å². The maximum absolute atomic E-state index is 4.97. The highest BCUT2D eigenvalue weighted by molar-refractivity contribution is 9.13. The number of hydrogen-bond acceptors (Lipinski definition) is 2. The van der Waals surface area contributed by atoms with E-state index < -0.39 is 0 Å². The van der Waals surface area contributed by atoms with Crippen LogP contribution in [0.15, 0.2) is 75.7 Å². The van der Waals surface area contributed by atoms with Crippen LogP contribution in [0, 0.1) is 0 Å². The van der Waals surface area contributed by atoms with Crippen LogP contribution in [0.2, 0.25) is 0 Å². The SMILES string of the molecule is Brc1cc2nc(-c3ccccc3)n3c4ccccc4nc3c2cc1Br. The molecule has 3 aromatic carbocycles. The van der Waals surface area contributed by atoms with Crippen LogP contribution >= 0.6 is 31.9 Å². The Balaban J connectivity index is 2.05. The van der Waals surface area contributed by atoms with E-state index in [2.05, 4.69) is 60.5 Å². The summed E-state index contributed by atoms with van der Waals surface area (Å²) in [5.41, 5.74) is 4.92. The molecule has 0 unspecified atom stereocenters. The van der Waals surface area contributed by atoms with E-state index in [1.807, 2.05) is 42.5 Å². The summed E-state index contributed by atoms with van der Waals surface area (Å²) in [4.78, 5) is 9.86. The van der Waals surface area contributed by atoms with Gasteiger partial charge in [0.15, 0.2) is 0 Å². The Morgan fingerprint density at radius 2 is 1.44 bits per heavy atom. The van der Waals surface area contributed by atoms with E-state index in [-0.39, 0.29) is 0 Å². The summed E-state index contributed by atoms with van der Waals surface area (Å²) in [5, 5.41) is 1.02. The number of hydrogen-bond donors (Lipinski definition) is 0. The van der Waals surface area contributed by atoms with Crippen LogP contribution in [0.5, 0.6) is 0 Å². The molecule has 0 amide bonds. The minimum absolute atomic E-state index is 0.894. The van der Waals surface area contributed by atoms with Crippen molar-refractivity contribution >= 4 is 59.4 Å². The van der Waals surface area contributed by atoms with Gasteiger partial charge in [-0.1, -0.05) is 42.5 Å². The summed E-state index contributed by atoms with van der Waals surface area (Å²) >= 11 is 7.18. The molecular weight excluding hydrogens is 442 g/mol. The maximum atomic E-state index is 4.97. The van der Waals surface area contributed by atoms with Crippen LogP contribution in [0.3, 0.4) is 0 Å². The average molecular weight is 453 g/mol. The second kappa shape index (κ2) is 5.64. The quantitative estimate of drug-likeness (QED) is 0.302. The Labute approximate surface area is 160 Å². The Hall–Kier alpha value is -2.24. The summed E-state index contributed by atoms with van der Waals surface area (Å²) in [5.74, 6) is 0.894. The third-order valence-electron chi connectivity index (χ3n) is 4.31. The minimum Gasteiger partial charge on any atom is -0.276 e. The monoisotopic (exact) mass is 451 g/mol. The zero-order valence-electron chi connectivity index (χ0n) is 12.9. The van der Waals surface area contributed by atoms with Gasteiger partial charge in [0.2, 0.25) is 0 Å². The molecule has 0 spiro atoms. The molecule has 0 aliphatic carbocycles. The van der Waals surface area contributed by atoms with Gasteiger partial charge in [-0.2, -0.15) is 0 Å². The van der Waals surface area contributed by atoms with Gasteiger partial charge >= 0.3 is 0 Å². The highest BCUT2D eigenvalue weighted by atomic mass is 79.9. The second-order valence-corrected chi connectivity index (χ2v) is 7.55. The summed E-state index contributed by atoms with van der Waals surface area (Å²) in [6, 6.07) is 22.5. The van der Waals surface area contributed by atoms with Crippen molar-refractivity contribution in [3.8, 4) is 11.4 Å². The van der Waals surface area contributed by atoms with Gasteiger partial charge in [-0.15, -0.1) is 0 Å². The molecule has 0 radical (unpaired) electrons. The summed E-state index contributed by atoms with van der Waals surface area (Å²) in [7, 11) is 0. The first-order valence-electron chi connectivity index (χ1n) is 7.84. The van der Waals surface area contributed by atoms with E-state index in [0.717, 1.165) is 47.9 Å². The predicted octanol–water partition coefficient (Wildman–Crippen LogP) is 6.23. The summed E-state index contributed by atoms with van der Waals surface area (Å²) in [6.07, 6.45) is 0. The topological polar surface area (TPSA) is 30.2 Å². The Morgan fingerprint density at radius 3 is 2.28 bits per heavy atom. The second-order valence-electron chi connectivity index (χ2n) is 5.84. The number of para-hydroxylation sites is 2. The highest BCUT2D eigenvalue weighted by Gasteiger charge is 2.16. The molecule has 0 N–H and O–H groups in total. The van der Waals surface area contributed by atoms with Gasteiger partial charge in [0, 0.05) is 19.9 Å². The first-order chi connectivity index (χ1) is 12.2. The lowest BCUT2D eigenvalue weighted by Gasteiger charge is -2.10.